The Balaban J connectivity index is 2.99. The summed E-state index contributed by atoms with van der Waals surface area (Å²) >= 11 is 0. The maximum Gasteiger partial charge on any atom is 0.134 e. The van der Waals surface area contributed by atoms with Gasteiger partial charge in [0.2, 0.25) is 0 Å². The van der Waals surface area contributed by atoms with Gasteiger partial charge in [-0.05, 0) is 30.5 Å². The molecule has 0 aliphatic heterocycles. The normalized spacial score (nSPS) is 9.69. The first kappa shape index (κ1) is 9.72. The van der Waals surface area contributed by atoms with E-state index in [2.05, 4.69) is 6.58 Å². The average Bonchev–Trinajstić information content (AvgIpc) is 2.07. The summed E-state index contributed by atoms with van der Waals surface area (Å²) in [5.74, 6) is 0.193. The third kappa shape index (κ3) is 2.55. The minimum absolute atomic E-state index is 0.193. The summed E-state index contributed by atoms with van der Waals surface area (Å²) in [6, 6.07) is 6.03. The van der Waals surface area contributed by atoms with Gasteiger partial charge in [0.15, 0.2) is 0 Å². The molecule has 0 radical (unpaired) electrons. The molecule has 0 atom stereocenters. The predicted molar refractivity (Wildman–Crippen MR) is 55.7 cm³/mol. The fraction of sp³-hybridized carbons (Fsp3) is 0.250. The highest BCUT2D eigenvalue weighted by atomic mass is 16.1. The van der Waals surface area contributed by atoms with Gasteiger partial charge in [-0.1, -0.05) is 30.9 Å². The standard InChI is InChI=1S/C12H14O/c1-4-12-8-11(7-10(3)13)6-5-9(12)2/h4-6,8H,1,7H2,2-3H3. The molecule has 0 saturated heterocycles. The van der Waals surface area contributed by atoms with E-state index in [0.29, 0.717) is 6.42 Å². The summed E-state index contributed by atoms with van der Waals surface area (Å²) in [7, 11) is 0. The van der Waals surface area contributed by atoms with Crippen LogP contribution < -0.4 is 0 Å². The van der Waals surface area contributed by atoms with E-state index in [-0.39, 0.29) is 5.78 Å². The van der Waals surface area contributed by atoms with Crippen LogP contribution in [0.5, 0.6) is 0 Å². The van der Waals surface area contributed by atoms with E-state index < -0.39 is 0 Å². The third-order valence-electron chi connectivity index (χ3n) is 2.02. The first-order valence-electron chi connectivity index (χ1n) is 4.35. The number of ketones is 1. The van der Waals surface area contributed by atoms with Crippen molar-refractivity contribution in [2.24, 2.45) is 0 Å². The molecule has 1 nitrogen and oxygen atoms in total. The highest BCUT2D eigenvalue weighted by molar-refractivity contribution is 5.78. The van der Waals surface area contributed by atoms with Crippen LogP contribution in [0, 0.1) is 6.92 Å². The van der Waals surface area contributed by atoms with Gasteiger partial charge in [-0.25, -0.2) is 0 Å². The third-order valence-corrected chi connectivity index (χ3v) is 2.02. The molecular formula is C12H14O. The molecule has 68 valence electrons. The van der Waals surface area contributed by atoms with Crippen molar-refractivity contribution < 1.29 is 4.79 Å². The molecule has 0 N–H and O–H groups in total. The molecule has 0 bridgehead atoms. The molecule has 1 rings (SSSR count). The number of carbonyl (C=O) groups excluding carboxylic acids is 1. The zero-order valence-electron chi connectivity index (χ0n) is 8.13. The van der Waals surface area contributed by atoms with Gasteiger partial charge in [0, 0.05) is 6.42 Å². The van der Waals surface area contributed by atoms with E-state index in [9.17, 15) is 4.79 Å². The van der Waals surface area contributed by atoms with Gasteiger partial charge < -0.3 is 0 Å². The zero-order valence-corrected chi connectivity index (χ0v) is 8.13. The van der Waals surface area contributed by atoms with E-state index in [1.165, 1.54) is 5.56 Å². The Labute approximate surface area is 79.1 Å². The van der Waals surface area contributed by atoms with Gasteiger partial charge in [0.25, 0.3) is 0 Å². The number of hydrogen-bond acceptors (Lipinski definition) is 1. The summed E-state index contributed by atoms with van der Waals surface area (Å²) in [4.78, 5) is 10.9. The molecule has 0 amide bonds. The second-order valence-electron chi connectivity index (χ2n) is 3.27. The van der Waals surface area contributed by atoms with Crippen LogP contribution in [0.1, 0.15) is 23.6 Å². The first-order chi connectivity index (χ1) is 6.13. The minimum Gasteiger partial charge on any atom is -0.300 e. The molecule has 13 heavy (non-hydrogen) atoms. The topological polar surface area (TPSA) is 17.1 Å². The van der Waals surface area contributed by atoms with Crippen molar-refractivity contribution >= 4 is 11.9 Å². The van der Waals surface area contributed by atoms with Crippen LogP contribution in [-0.4, -0.2) is 5.78 Å². The molecule has 1 aromatic rings. The fourth-order valence-corrected chi connectivity index (χ4v) is 1.31. The minimum atomic E-state index is 0.193. The monoisotopic (exact) mass is 174 g/mol. The van der Waals surface area contributed by atoms with Gasteiger partial charge in [-0.3, -0.25) is 4.79 Å². The lowest BCUT2D eigenvalue weighted by Crippen LogP contribution is -1.96. The van der Waals surface area contributed by atoms with Gasteiger partial charge in [0.05, 0.1) is 0 Å². The van der Waals surface area contributed by atoms with Gasteiger partial charge >= 0.3 is 0 Å². The number of benzene rings is 1. The molecule has 0 aliphatic carbocycles. The summed E-state index contributed by atoms with van der Waals surface area (Å²) < 4.78 is 0. The lowest BCUT2D eigenvalue weighted by atomic mass is 10.0. The Morgan fingerprint density at radius 3 is 2.77 bits per heavy atom. The van der Waals surface area contributed by atoms with E-state index in [1.807, 2.05) is 31.2 Å². The zero-order chi connectivity index (χ0) is 9.84. The molecule has 0 aromatic heterocycles. The SMILES string of the molecule is C=Cc1cc(CC(C)=O)ccc1C. The van der Waals surface area contributed by atoms with E-state index in [1.54, 1.807) is 6.92 Å². The molecular weight excluding hydrogens is 160 g/mol. The molecule has 1 aromatic carbocycles. The molecule has 0 aliphatic rings. The van der Waals surface area contributed by atoms with Crippen LogP contribution in [-0.2, 0) is 11.2 Å². The molecule has 0 unspecified atom stereocenters. The summed E-state index contributed by atoms with van der Waals surface area (Å²) in [6.45, 7) is 7.37. The van der Waals surface area contributed by atoms with Crippen LogP contribution in [0.3, 0.4) is 0 Å². The molecule has 0 spiro atoms. The Morgan fingerprint density at radius 1 is 1.54 bits per heavy atom. The Hall–Kier alpha value is -1.37. The Kier molecular flexibility index (Phi) is 3.02. The van der Waals surface area contributed by atoms with Gasteiger partial charge in [-0.2, -0.15) is 0 Å². The molecule has 0 heterocycles. The number of rotatable bonds is 3. The first-order valence-corrected chi connectivity index (χ1v) is 4.35. The number of aryl methyl sites for hydroxylation is 1. The molecule has 1 heteroatoms. The molecule has 0 fully saturated rings. The van der Waals surface area contributed by atoms with Crippen molar-refractivity contribution in [2.75, 3.05) is 0 Å². The van der Waals surface area contributed by atoms with Crippen LogP contribution in [0.4, 0.5) is 0 Å². The second kappa shape index (κ2) is 4.04. The van der Waals surface area contributed by atoms with Crippen molar-refractivity contribution in [3.8, 4) is 0 Å². The lowest BCUT2D eigenvalue weighted by Gasteiger charge is -2.03. The Bertz CT molecular complexity index is 337. The summed E-state index contributed by atoms with van der Waals surface area (Å²) in [6.07, 6.45) is 2.33. The smallest absolute Gasteiger partial charge is 0.134 e. The quantitative estimate of drug-likeness (QED) is 0.688. The van der Waals surface area contributed by atoms with Crippen LogP contribution in [0.15, 0.2) is 24.8 Å². The van der Waals surface area contributed by atoms with E-state index in [4.69, 9.17) is 0 Å². The molecule has 0 saturated carbocycles. The lowest BCUT2D eigenvalue weighted by molar-refractivity contribution is -0.116. The fourth-order valence-electron chi connectivity index (χ4n) is 1.31. The van der Waals surface area contributed by atoms with Crippen molar-refractivity contribution in [3.63, 3.8) is 0 Å². The van der Waals surface area contributed by atoms with E-state index in [0.717, 1.165) is 11.1 Å². The highest BCUT2D eigenvalue weighted by Gasteiger charge is 1.99. The number of Topliss-reactive ketones (excluding diaryl/α,β-unsaturated/α-hetero) is 1. The van der Waals surface area contributed by atoms with Gasteiger partial charge in [0.1, 0.15) is 5.78 Å². The Morgan fingerprint density at radius 2 is 2.23 bits per heavy atom. The van der Waals surface area contributed by atoms with Crippen molar-refractivity contribution in [1.29, 1.82) is 0 Å². The number of carbonyl (C=O) groups is 1. The van der Waals surface area contributed by atoms with Crippen molar-refractivity contribution in [1.82, 2.24) is 0 Å². The average molecular weight is 174 g/mol. The maximum atomic E-state index is 10.9. The largest absolute Gasteiger partial charge is 0.300 e. The van der Waals surface area contributed by atoms with Crippen LogP contribution >= 0.6 is 0 Å². The summed E-state index contributed by atoms with van der Waals surface area (Å²) in [5.41, 5.74) is 3.37. The van der Waals surface area contributed by atoms with Crippen molar-refractivity contribution in [2.45, 2.75) is 20.3 Å². The van der Waals surface area contributed by atoms with Crippen LogP contribution in [0.2, 0.25) is 0 Å². The second-order valence-corrected chi connectivity index (χ2v) is 3.27. The highest BCUT2D eigenvalue weighted by Crippen LogP contribution is 2.12. The maximum absolute atomic E-state index is 10.9. The van der Waals surface area contributed by atoms with Gasteiger partial charge in [-0.15, -0.1) is 0 Å². The van der Waals surface area contributed by atoms with E-state index >= 15 is 0 Å². The number of hydrogen-bond donors (Lipinski definition) is 0. The predicted octanol–water partition coefficient (Wildman–Crippen LogP) is 2.77. The van der Waals surface area contributed by atoms with Crippen LogP contribution in [0.25, 0.3) is 6.08 Å². The van der Waals surface area contributed by atoms with Crippen molar-refractivity contribution in [3.05, 3.63) is 41.5 Å². The summed E-state index contributed by atoms with van der Waals surface area (Å²) in [5, 5.41) is 0.